The van der Waals surface area contributed by atoms with Crippen molar-refractivity contribution >= 4 is 33.0 Å². The van der Waals surface area contributed by atoms with Crippen LogP contribution >= 0.6 is 11.3 Å². The van der Waals surface area contributed by atoms with E-state index in [1.54, 1.807) is 11.3 Å². The predicted octanol–water partition coefficient (Wildman–Crippen LogP) is 33.5. The molecule has 3 aliphatic carbocycles. The number of benzene rings is 20. The van der Waals surface area contributed by atoms with Crippen LogP contribution in [0.15, 0.2) is 502 Å². The number of rotatable bonds is 10. The molecular weight excluding hydrogens is 1780 g/mol. The maximum atomic E-state index is 6.99. The van der Waals surface area contributed by atoms with E-state index in [-0.39, 0.29) is 0 Å². The number of nitrogens with zero attached hydrogens (tertiary/aromatic N) is 6. The fourth-order valence-corrected chi connectivity index (χ4v) is 24.5. The van der Waals surface area contributed by atoms with E-state index in [1.807, 2.05) is 72.8 Å². The minimum atomic E-state index is -0.546. The lowest BCUT2D eigenvalue weighted by Gasteiger charge is -2.40. The van der Waals surface area contributed by atoms with E-state index in [0.717, 1.165) is 167 Å². The molecule has 0 fully saturated rings. The molecule has 4 aromatic heterocycles. The van der Waals surface area contributed by atoms with Crippen molar-refractivity contribution in [2.24, 2.45) is 0 Å². The van der Waals surface area contributed by atoms with Crippen LogP contribution in [0.1, 0.15) is 66.8 Å². The summed E-state index contributed by atoms with van der Waals surface area (Å²) in [6.07, 6.45) is 0. The molecule has 20 aromatic carbocycles. The zero-order valence-corrected chi connectivity index (χ0v) is 78.4. The first-order valence-electron chi connectivity index (χ1n) is 48.7. The number of hydrogen-bond acceptors (Lipinski definition) is 11. The molecule has 11 heteroatoms. The minimum absolute atomic E-state index is 0.466. The molecule has 0 bridgehead atoms. The molecule has 0 saturated heterocycles. The van der Waals surface area contributed by atoms with Gasteiger partial charge >= 0.3 is 0 Å². The summed E-state index contributed by atoms with van der Waals surface area (Å²) in [6, 6.07) is 175. The van der Waals surface area contributed by atoms with Crippen molar-refractivity contribution in [1.29, 1.82) is 0 Å². The quantitative estimate of drug-likeness (QED) is 0.131. The average Bonchev–Trinajstić information content (AvgIpc) is 1.55. The van der Waals surface area contributed by atoms with E-state index in [1.165, 1.54) is 89.0 Å². The van der Waals surface area contributed by atoms with Gasteiger partial charge in [0.1, 0.15) is 40.2 Å². The molecule has 0 saturated carbocycles. The van der Waals surface area contributed by atoms with Gasteiger partial charge in [0, 0.05) is 82.6 Å². The largest absolute Gasteiger partial charge is 0.456 e. The normalized spacial score (nSPS) is 13.3. The van der Waals surface area contributed by atoms with Gasteiger partial charge in [-0.1, -0.05) is 431 Å². The van der Waals surface area contributed by atoms with E-state index in [0.29, 0.717) is 11.8 Å². The van der Waals surface area contributed by atoms with Crippen LogP contribution in [0.3, 0.4) is 0 Å². The van der Waals surface area contributed by atoms with Crippen molar-refractivity contribution < 1.29 is 18.6 Å². The van der Waals surface area contributed by atoms with E-state index >= 15 is 0 Å². The first-order valence-corrected chi connectivity index (χ1v) is 49.5. The number of para-hydroxylation sites is 7. The van der Waals surface area contributed by atoms with Crippen LogP contribution < -0.4 is 14.2 Å². The molecule has 3 aliphatic heterocycles. The summed E-state index contributed by atoms with van der Waals surface area (Å²) in [5.74, 6) is 6.96. The fraction of sp³-hybridized carbons (Fsp3) is 0.0226. The van der Waals surface area contributed by atoms with Crippen LogP contribution in [0.25, 0.3) is 166 Å². The van der Waals surface area contributed by atoms with Crippen molar-refractivity contribution in [2.45, 2.75) is 16.2 Å². The molecule has 0 N–H and O–H groups in total. The molecule has 30 rings (SSSR count). The molecule has 24 aromatic rings. The third-order valence-corrected chi connectivity index (χ3v) is 30.8. The second-order valence-corrected chi connectivity index (χ2v) is 38.2. The molecule has 0 amide bonds. The minimum Gasteiger partial charge on any atom is -0.456 e. The Labute approximate surface area is 835 Å². The molecule has 674 valence electrons. The third kappa shape index (κ3) is 13.0. The van der Waals surface area contributed by atoms with Gasteiger partial charge in [0.25, 0.3) is 0 Å². The first-order chi connectivity index (χ1) is 71.4. The zero-order chi connectivity index (χ0) is 95.0. The highest BCUT2D eigenvalue weighted by molar-refractivity contribution is 7.18. The van der Waals surface area contributed by atoms with Crippen LogP contribution in [0.4, 0.5) is 0 Å². The number of thiophene rings is 1. The summed E-state index contributed by atoms with van der Waals surface area (Å²) < 4.78 is 27.2. The van der Waals surface area contributed by atoms with Crippen molar-refractivity contribution in [3.8, 4) is 179 Å². The second-order valence-electron chi connectivity index (χ2n) is 37.1. The molecule has 0 unspecified atom stereocenters. The second kappa shape index (κ2) is 33.9. The Morgan fingerprint density at radius 3 is 1.06 bits per heavy atom. The summed E-state index contributed by atoms with van der Waals surface area (Å²) in [5, 5.41) is 21.4. The summed E-state index contributed by atoms with van der Waals surface area (Å²) in [4.78, 5) is 12.2. The maximum Gasteiger partial charge on any atom is 0.249 e. The Morgan fingerprint density at radius 1 is 0.194 bits per heavy atom. The van der Waals surface area contributed by atoms with Gasteiger partial charge in [-0.15, -0.1) is 31.7 Å². The van der Waals surface area contributed by atoms with Gasteiger partial charge < -0.3 is 18.6 Å². The topological polar surface area (TPSA) is 118 Å². The molecular formula is C133H82N6O4S. The molecule has 0 radical (unpaired) electrons. The predicted molar refractivity (Wildman–Crippen MR) is 578 cm³/mol. The number of fused-ring (bicyclic) bond motifs is 29. The van der Waals surface area contributed by atoms with Gasteiger partial charge in [0.05, 0.1) is 43.6 Å². The lowest BCUT2D eigenvalue weighted by Crippen LogP contribution is -2.32. The standard InChI is InChI=1S/C51H32N2O.C43H26N2O2.C39H24N2OS/c1-2-13-36(14-3-1)48-41-17-6-10-23-46(41)52-50(53-48)37-31-27-34(28-32-37)33-25-29-35(30-26-33)38-18-12-22-45-49(38)54-47-24-11-9-21-44(47)51(45)42-19-7-4-15-39(42)40-16-5-8-20-43(40)51;1-2-14-28(15-3-1)41-44-45-42(47-41)39-29-16-5-4-13-27(29)25-26-32(39)33-19-12-23-37-40(33)46-38-24-11-10-22-36(38)43(37)34-20-8-6-17-30(34)31-18-7-9-21-35(31)43;1-2-11-25(12-3-1)33-21-22-34(41-40-33)37-24-23-36(43-37)28-15-10-19-32-38(28)42-35-20-9-8-18-31(35)39(32)29-16-6-4-13-26(29)27-14-5-7-17-30(27)39/h1-32H;1-26H;1-24H. The van der Waals surface area contributed by atoms with E-state index in [9.17, 15) is 0 Å². The monoisotopic (exact) mass is 1860 g/mol. The van der Waals surface area contributed by atoms with E-state index < -0.39 is 16.2 Å². The van der Waals surface area contributed by atoms with E-state index in [4.69, 9.17) is 28.6 Å². The fourth-order valence-electron chi connectivity index (χ4n) is 23.5. The highest BCUT2D eigenvalue weighted by atomic mass is 32.1. The Balaban J connectivity index is 0.000000106. The molecule has 10 nitrogen and oxygen atoms in total. The number of ether oxygens (including phenoxy) is 3. The highest BCUT2D eigenvalue weighted by Crippen LogP contribution is 2.68. The zero-order valence-electron chi connectivity index (χ0n) is 77.6. The summed E-state index contributed by atoms with van der Waals surface area (Å²) in [5.41, 5.74) is 36.8. The lowest BCUT2D eigenvalue weighted by atomic mass is 9.65. The van der Waals surface area contributed by atoms with Crippen LogP contribution in [0.5, 0.6) is 34.5 Å². The molecule has 0 atom stereocenters. The molecule has 3 spiro atoms. The van der Waals surface area contributed by atoms with Gasteiger partial charge in [-0.3, -0.25) is 0 Å². The van der Waals surface area contributed by atoms with Gasteiger partial charge in [-0.2, -0.15) is 0 Å². The molecule has 7 heterocycles. The van der Waals surface area contributed by atoms with Crippen molar-refractivity contribution in [1.82, 2.24) is 30.4 Å². The van der Waals surface area contributed by atoms with Crippen LogP contribution in [-0.4, -0.2) is 30.4 Å². The lowest BCUT2D eigenvalue weighted by molar-refractivity contribution is 0.438. The number of hydrogen-bond donors (Lipinski definition) is 0. The van der Waals surface area contributed by atoms with Gasteiger partial charge in [0.15, 0.2) is 5.82 Å². The SMILES string of the molecule is c1ccc(-c2ccc(-c3ccc(-c4cccc5c4Oc4ccccc4C54c5ccccc5-c5ccccc54)s3)nn2)cc1.c1ccc(-c2nc(-c3ccc(-c4ccc(-c5cccc6c5Oc5ccccc5C65c6ccccc6-c6ccccc65)cc4)cc3)nc3ccccc23)cc1.c1ccc(-c2nnc(-c3c(-c4cccc5c4Oc4ccccc4C54c5ccccc5-c5ccccc54)ccc4ccccc34)o2)cc1. The average molecular weight is 1860 g/mol. The van der Waals surface area contributed by atoms with E-state index in [2.05, 4.69) is 445 Å². The van der Waals surface area contributed by atoms with Gasteiger partial charge in [-0.25, -0.2) is 9.97 Å². The summed E-state index contributed by atoms with van der Waals surface area (Å²) >= 11 is 1.71. The molecule has 6 aliphatic rings. The third-order valence-electron chi connectivity index (χ3n) is 29.7. The summed E-state index contributed by atoms with van der Waals surface area (Å²) in [6.45, 7) is 0. The Kier molecular flexibility index (Phi) is 19.6. The van der Waals surface area contributed by atoms with Gasteiger partial charge in [-0.05, 0) is 167 Å². The maximum absolute atomic E-state index is 6.99. The molecule has 144 heavy (non-hydrogen) atoms. The van der Waals surface area contributed by atoms with Crippen LogP contribution in [-0.2, 0) is 16.2 Å². The number of aromatic nitrogens is 6. The Morgan fingerprint density at radius 2 is 0.556 bits per heavy atom. The van der Waals surface area contributed by atoms with Gasteiger partial charge in [0.2, 0.25) is 11.8 Å². The van der Waals surface area contributed by atoms with Crippen molar-refractivity contribution in [3.05, 3.63) is 564 Å². The smallest absolute Gasteiger partial charge is 0.249 e. The Bertz CT molecular complexity index is 9120. The first kappa shape index (κ1) is 83.5. The van der Waals surface area contributed by atoms with Crippen LogP contribution in [0.2, 0.25) is 0 Å². The Hall–Kier alpha value is -18.7. The highest BCUT2D eigenvalue weighted by Gasteiger charge is 2.55. The van der Waals surface area contributed by atoms with Crippen LogP contribution in [0, 0.1) is 0 Å². The van der Waals surface area contributed by atoms with Crippen molar-refractivity contribution in [3.63, 3.8) is 0 Å². The summed E-state index contributed by atoms with van der Waals surface area (Å²) in [7, 11) is 0. The van der Waals surface area contributed by atoms with Crippen molar-refractivity contribution in [2.75, 3.05) is 0 Å².